The predicted octanol–water partition coefficient (Wildman–Crippen LogP) is 1.67. The quantitative estimate of drug-likeness (QED) is 0.909. The second-order valence-corrected chi connectivity index (χ2v) is 7.14. The fourth-order valence-corrected chi connectivity index (χ4v) is 4.25. The standard InChI is InChI=1S/C19H24N4O2/c20-11-14-3-1-2-4-18(14)22-6-8-23(9-7-22)19(24)21-12-16-15-5-10-25-13-17(15)16/h1-4,15-17H,5-10,12-13H2,(H,21,24). The Bertz CT molecular complexity index is 666. The maximum absolute atomic E-state index is 12.4. The van der Waals surface area contributed by atoms with Crippen LogP contribution in [-0.2, 0) is 4.74 Å². The zero-order chi connectivity index (χ0) is 17.2. The van der Waals surface area contributed by atoms with E-state index in [0.717, 1.165) is 50.9 Å². The monoisotopic (exact) mass is 340 g/mol. The third-order valence-corrected chi connectivity index (χ3v) is 5.84. The van der Waals surface area contributed by atoms with Crippen molar-refractivity contribution in [1.29, 1.82) is 5.26 Å². The highest BCUT2D eigenvalue weighted by Crippen LogP contribution is 2.50. The van der Waals surface area contributed by atoms with Crippen LogP contribution in [0.4, 0.5) is 10.5 Å². The minimum atomic E-state index is 0.0396. The Morgan fingerprint density at radius 3 is 2.76 bits per heavy atom. The number of nitrogens with one attached hydrogen (secondary N) is 1. The number of fused-ring (bicyclic) bond motifs is 1. The Morgan fingerprint density at radius 1 is 1.24 bits per heavy atom. The molecule has 3 aliphatic rings. The summed E-state index contributed by atoms with van der Waals surface area (Å²) in [4.78, 5) is 16.5. The van der Waals surface area contributed by atoms with E-state index in [1.165, 1.54) is 0 Å². The first-order valence-corrected chi connectivity index (χ1v) is 9.12. The molecule has 2 aliphatic heterocycles. The van der Waals surface area contributed by atoms with Gasteiger partial charge in [0.2, 0.25) is 0 Å². The van der Waals surface area contributed by atoms with Crippen molar-refractivity contribution in [3.05, 3.63) is 29.8 Å². The largest absolute Gasteiger partial charge is 0.381 e. The summed E-state index contributed by atoms with van der Waals surface area (Å²) in [5, 5.41) is 12.4. The molecular formula is C19H24N4O2. The average Bonchev–Trinajstić information content (AvgIpc) is 3.39. The summed E-state index contributed by atoms with van der Waals surface area (Å²) in [5.74, 6) is 2.03. The summed E-state index contributed by atoms with van der Waals surface area (Å²) in [5.41, 5.74) is 1.66. The summed E-state index contributed by atoms with van der Waals surface area (Å²) in [6.45, 7) is 5.40. The minimum Gasteiger partial charge on any atom is -0.381 e. The van der Waals surface area contributed by atoms with Crippen LogP contribution in [-0.4, -0.2) is 56.9 Å². The van der Waals surface area contributed by atoms with Crippen molar-refractivity contribution in [3.63, 3.8) is 0 Å². The second kappa shape index (κ2) is 6.93. The molecule has 2 heterocycles. The van der Waals surface area contributed by atoms with Crippen molar-refractivity contribution < 1.29 is 9.53 Å². The van der Waals surface area contributed by atoms with Crippen molar-refractivity contribution in [2.24, 2.45) is 17.8 Å². The van der Waals surface area contributed by atoms with Gasteiger partial charge in [-0.25, -0.2) is 4.79 Å². The van der Waals surface area contributed by atoms with Crippen molar-refractivity contribution in [2.75, 3.05) is 50.8 Å². The van der Waals surface area contributed by atoms with Gasteiger partial charge in [0.05, 0.1) is 11.3 Å². The first-order chi connectivity index (χ1) is 12.3. The lowest BCUT2D eigenvalue weighted by molar-refractivity contribution is 0.0885. The van der Waals surface area contributed by atoms with Crippen LogP contribution in [0.1, 0.15) is 12.0 Å². The Balaban J connectivity index is 1.26. The second-order valence-electron chi connectivity index (χ2n) is 7.14. The number of carbonyl (C=O) groups excluding carboxylic acids is 1. The SMILES string of the molecule is N#Cc1ccccc1N1CCN(C(=O)NCC2C3CCOCC32)CC1. The van der Waals surface area contributed by atoms with Crippen LogP contribution >= 0.6 is 0 Å². The van der Waals surface area contributed by atoms with E-state index in [0.29, 0.717) is 30.5 Å². The third kappa shape index (κ3) is 3.29. The van der Waals surface area contributed by atoms with Crippen LogP contribution in [0.25, 0.3) is 0 Å². The molecule has 132 valence electrons. The van der Waals surface area contributed by atoms with E-state index >= 15 is 0 Å². The fourth-order valence-electron chi connectivity index (χ4n) is 4.25. The highest BCUT2D eigenvalue weighted by Gasteiger charge is 2.51. The lowest BCUT2D eigenvalue weighted by Gasteiger charge is -2.36. The van der Waals surface area contributed by atoms with E-state index in [1.54, 1.807) is 0 Å². The summed E-state index contributed by atoms with van der Waals surface area (Å²) in [7, 11) is 0. The first-order valence-electron chi connectivity index (χ1n) is 9.12. The molecule has 0 bridgehead atoms. The number of amides is 2. The first kappa shape index (κ1) is 16.2. The van der Waals surface area contributed by atoms with Crippen LogP contribution in [0.2, 0.25) is 0 Å². The van der Waals surface area contributed by atoms with Gasteiger partial charge in [0, 0.05) is 45.9 Å². The zero-order valence-electron chi connectivity index (χ0n) is 14.4. The smallest absolute Gasteiger partial charge is 0.317 e. The molecule has 6 heteroatoms. The molecule has 1 aromatic rings. The van der Waals surface area contributed by atoms with Gasteiger partial charge in [-0.05, 0) is 36.3 Å². The molecule has 0 radical (unpaired) electrons. The summed E-state index contributed by atoms with van der Waals surface area (Å²) in [6.07, 6.45) is 1.14. The average molecular weight is 340 g/mol. The Labute approximate surface area is 148 Å². The number of anilines is 1. The molecule has 2 amide bonds. The van der Waals surface area contributed by atoms with Crippen LogP contribution in [0.5, 0.6) is 0 Å². The van der Waals surface area contributed by atoms with Crippen LogP contribution in [0, 0.1) is 29.1 Å². The predicted molar refractivity (Wildman–Crippen MR) is 94.2 cm³/mol. The number of carbonyl (C=O) groups is 1. The maximum Gasteiger partial charge on any atom is 0.317 e. The third-order valence-electron chi connectivity index (χ3n) is 5.84. The molecule has 0 aromatic heterocycles. The van der Waals surface area contributed by atoms with E-state index in [1.807, 2.05) is 29.2 Å². The highest BCUT2D eigenvalue weighted by atomic mass is 16.5. The van der Waals surface area contributed by atoms with Gasteiger partial charge in [-0.1, -0.05) is 12.1 Å². The number of hydrogen-bond acceptors (Lipinski definition) is 4. The van der Waals surface area contributed by atoms with Crippen molar-refractivity contribution in [3.8, 4) is 6.07 Å². The molecule has 3 fully saturated rings. The molecule has 1 aliphatic carbocycles. The number of urea groups is 1. The van der Waals surface area contributed by atoms with Gasteiger partial charge in [-0.3, -0.25) is 0 Å². The number of hydrogen-bond donors (Lipinski definition) is 1. The number of para-hydroxylation sites is 1. The molecule has 25 heavy (non-hydrogen) atoms. The van der Waals surface area contributed by atoms with Gasteiger partial charge in [-0.2, -0.15) is 5.26 Å². The number of ether oxygens (including phenoxy) is 1. The van der Waals surface area contributed by atoms with Crippen molar-refractivity contribution in [2.45, 2.75) is 6.42 Å². The molecule has 1 N–H and O–H groups in total. The lowest BCUT2D eigenvalue weighted by atomic mass is 10.1. The number of rotatable bonds is 3. The lowest BCUT2D eigenvalue weighted by Crippen LogP contribution is -2.52. The number of nitrogens with zero attached hydrogens (tertiary/aromatic N) is 3. The number of benzene rings is 1. The maximum atomic E-state index is 12.4. The molecule has 2 saturated heterocycles. The van der Waals surface area contributed by atoms with Gasteiger partial charge in [0.15, 0.2) is 0 Å². The van der Waals surface area contributed by atoms with Gasteiger partial charge < -0.3 is 19.9 Å². The fraction of sp³-hybridized carbons (Fsp3) is 0.579. The van der Waals surface area contributed by atoms with Crippen LogP contribution < -0.4 is 10.2 Å². The highest BCUT2D eigenvalue weighted by molar-refractivity contribution is 5.74. The van der Waals surface area contributed by atoms with Crippen LogP contribution in [0.3, 0.4) is 0 Å². The summed E-state index contributed by atoms with van der Waals surface area (Å²) < 4.78 is 5.50. The number of piperazine rings is 1. The minimum absolute atomic E-state index is 0.0396. The van der Waals surface area contributed by atoms with Gasteiger partial charge in [-0.15, -0.1) is 0 Å². The molecule has 3 unspecified atom stereocenters. The molecular weight excluding hydrogens is 316 g/mol. The summed E-state index contributed by atoms with van der Waals surface area (Å²) >= 11 is 0. The van der Waals surface area contributed by atoms with Gasteiger partial charge in [0.1, 0.15) is 6.07 Å². The zero-order valence-corrected chi connectivity index (χ0v) is 14.4. The van der Waals surface area contributed by atoms with Crippen molar-refractivity contribution >= 4 is 11.7 Å². The summed E-state index contributed by atoms with van der Waals surface area (Å²) in [6, 6.07) is 9.94. The van der Waals surface area contributed by atoms with E-state index < -0.39 is 0 Å². The van der Waals surface area contributed by atoms with E-state index in [-0.39, 0.29) is 6.03 Å². The Hall–Kier alpha value is -2.26. The van der Waals surface area contributed by atoms with Crippen molar-refractivity contribution in [1.82, 2.24) is 10.2 Å². The molecule has 0 spiro atoms. The molecule has 4 rings (SSSR count). The Morgan fingerprint density at radius 2 is 2.04 bits per heavy atom. The Kier molecular flexibility index (Phi) is 4.50. The molecule has 6 nitrogen and oxygen atoms in total. The van der Waals surface area contributed by atoms with E-state index in [9.17, 15) is 10.1 Å². The topological polar surface area (TPSA) is 68.6 Å². The van der Waals surface area contributed by atoms with Gasteiger partial charge >= 0.3 is 6.03 Å². The molecule has 1 saturated carbocycles. The van der Waals surface area contributed by atoms with Crippen LogP contribution in [0.15, 0.2) is 24.3 Å². The van der Waals surface area contributed by atoms with E-state index in [2.05, 4.69) is 16.3 Å². The van der Waals surface area contributed by atoms with E-state index in [4.69, 9.17) is 4.74 Å². The molecule has 3 atom stereocenters. The van der Waals surface area contributed by atoms with Gasteiger partial charge in [0.25, 0.3) is 0 Å². The molecule has 1 aromatic carbocycles. The normalized spacial score (nSPS) is 28.0. The number of nitriles is 1.